The molecule has 0 bridgehead atoms. The molecule has 0 aliphatic carbocycles. The number of ketones is 2. The Balaban J connectivity index is 1.68. The number of methoxy groups -OCH3 is 2. The number of hydrogen-bond acceptors (Lipinski definition) is 6. The fourth-order valence-corrected chi connectivity index (χ4v) is 3.09. The minimum absolute atomic E-state index is 0.229. The molecule has 2 heterocycles. The van der Waals surface area contributed by atoms with E-state index in [2.05, 4.69) is 4.98 Å². The maximum absolute atomic E-state index is 12.3. The molecule has 0 aliphatic heterocycles. The average molecular weight is 447 g/mol. The first kappa shape index (κ1) is 23.5. The van der Waals surface area contributed by atoms with Crippen LogP contribution >= 0.6 is 0 Å². The first-order valence-electron chi connectivity index (χ1n) is 10.3. The lowest BCUT2D eigenvalue weighted by Gasteiger charge is -2.14. The van der Waals surface area contributed by atoms with Crippen LogP contribution in [0.4, 0.5) is 0 Å². The van der Waals surface area contributed by atoms with Crippen LogP contribution in [0.5, 0.6) is 17.2 Å². The summed E-state index contributed by atoms with van der Waals surface area (Å²) in [7, 11) is 4.93. The van der Waals surface area contributed by atoms with Crippen LogP contribution in [-0.2, 0) is 23.2 Å². The van der Waals surface area contributed by atoms with Gasteiger partial charge in [0.2, 0.25) is 0 Å². The SMILES string of the molecule is COc1cc(OCc2ccccn2)cc(OC)c1/C=C/C(=O)CC(=O)/C=C/c1cccn1C. The standard InChI is InChI=1S/C26H26N2O5/c1-28-14-6-8-20(28)9-10-21(29)15-22(30)11-12-24-25(31-2)16-23(17-26(24)32-3)33-18-19-7-4-5-13-27-19/h4-14,16-17H,15,18H2,1-3H3/b10-9+,12-11+. The molecule has 1 aromatic carbocycles. The molecule has 33 heavy (non-hydrogen) atoms. The molecular formula is C26H26N2O5. The van der Waals surface area contributed by atoms with Crippen LogP contribution in [0, 0.1) is 0 Å². The molecule has 0 fully saturated rings. The topological polar surface area (TPSA) is 79.7 Å². The number of nitrogens with zero attached hydrogens (tertiary/aromatic N) is 2. The summed E-state index contributed by atoms with van der Waals surface area (Å²) in [6.45, 7) is 0.291. The van der Waals surface area contributed by atoms with Gasteiger partial charge in [0.15, 0.2) is 11.6 Å². The molecule has 0 aliphatic rings. The third-order valence-electron chi connectivity index (χ3n) is 4.84. The van der Waals surface area contributed by atoms with E-state index in [1.165, 1.54) is 26.4 Å². The molecule has 0 spiro atoms. The van der Waals surface area contributed by atoms with Crippen molar-refractivity contribution < 1.29 is 23.8 Å². The van der Waals surface area contributed by atoms with E-state index >= 15 is 0 Å². The Hall–Kier alpha value is -4.13. The van der Waals surface area contributed by atoms with Crippen LogP contribution < -0.4 is 14.2 Å². The smallest absolute Gasteiger partial charge is 0.163 e. The second kappa shape index (κ2) is 11.5. The number of benzene rings is 1. The Morgan fingerprint density at radius 1 is 0.970 bits per heavy atom. The van der Waals surface area contributed by atoms with E-state index in [0.717, 1.165) is 11.4 Å². The van der Waals surface area contributed by atoms with Gasteiger partial charge in [-0.1, -0.05) is 6.07 Å². The van der Waals surface area contributed by atoms with E-state index < -0.39 is 0 Å². The highest BCUT2D eigenvalue weighted by Crippen LogP contribution is 2.35. The lowest BCUT2D eigenvalue weighted by molar-refractivity contribution is -0.121. The van der Waals surface area contributed by atoms with Crippen molar-refractivity contribution >= 4 is 23.7 Å². The average Bonchev–Trinajstić information content (AvgIpc) is 3.25. The van der Waals surface area contributed by atoms with Gasteiger partial charge in [-0.25, -0.2) is 0 Å². The highest BCUT2D eigenvalue weighted by Gasteiger charge is 2.13. The van der Waals surface area contributed by atoms with Crippen LogP contribution in [0.15, 0.2) is 67.0 Å². The Morgan fingerprint density at radius 3 is 2.24 bits per heavy atom. The van der Waals surface area contributed by atoms with Gasteiger partial charge in [-0.15, -0.1) is 0 Å². The van der Waals surface area contributed by atoms with Crippen molar-refractivity contribution in [3.8, 4) is 17.2 Å². The van der Waals surface area contributed by atoms with Gasteiger partial charge in [0.05, 0.1) is 31.9 Å². The molecule has 0 amide bonds. The predicted molar refractivity (Wildman–Crippen MR) is 126 cm³/mol. The number of pyridine rings is 1. The van der Waals surface area contributed by atoms with E-state index in [1.54, 1.807) is 30.5 Å². The van der Waals surface area contributed by atoms with Gasteiger partial charge in [-0.3, -0.25) is 14.6 Å². The Kier molecular flexibility index (Phi) is 8.18. The van der Waals surface area contributed by atoms with Crippen LogP contribution in [0.2, 0.25) is 0 Å². The summed E-state index contributed by atoms with van der Waals surface area (Å²) in [5.74, 6) is 0.895. The van der Waals surface area contributed by atoms with Crippen LogP contribution in [-0.4, -0.2) is 35.3 Å². The van der Waals surface area contributed by atoms with Crippen molar-refractivity contribution in [2.24, 2.45) is 7.05 Å². The number of rotatable bonds is 11. The van der Waals surface area contributed by atoms with E-state index in [9.17, 15) is 9.59 Å². The molecule has 2 aromatic heterocycles. The number of allylic oxidation sites excluding steroid dienone is 2. The van der Waals surface area contributed by atoms with Gasteiger partial charge in [0.25, 0.3) is 0 Å². The zero-order valence-electron chi connectivity index (χ0n) is 18.9. The maximum atomic E-state index is 12.3. The minimum Gasteiger partial charge on any atom is -0.496 e. The van der Waals surface area contributed by atoms with Gasteiger partial charge in [0, 0.05) is 37.3 Å². The summed E-state index contributed by atoms with van der Waals surface area (Å²) >= 11 is 0. The molecule has 0 radical (unpaired) electrons. The molecular weight excluding hydrogens is 420 g/mol. The largest absolute Gasteiger partial charge is 0.496 e. The number of ether oxygens (including phenoxy) is 3. The van der Waals surface area contributed by atoms with Crippen molar-refractivity contribution in [2.45, 2.75) is 13.0 Å². The number of aryl methyl sites for hydroxylation is 1. The van der Waals surface area contributed by atoms with Gasteiger partial charge < -0.3 is 18.8 Å². The van der Waals surface area contributed by atoms with Crippen molar-refractivity contribution in [2.75, 3.05) is 14.2 Å². The molecule has 3 rings (SSSR count). The third-order valence-corrected chi connectivity index (χ3v) is 4.84. The van der Waals surface area contributed by atoms with Crippen molar-refractivity contribution in [3.05, 3.63) is 84.0 Å². The molecule has 7 heteroatoms. The molecule has 0 saturated heterocycles. The van der Waals surface area contributed by atoms with Crippen LogP contribution in [0.1, 0.15) is 23.4 Å². The van der Waals surface area contributed by atoms with Gasteiger partial charge in [0.1, 0.15) is 23.9 Å². The molecule has 170 valence electrons. The summed E-state index contributed by atoms with van der Waals surface area (Å²) < 4.78 is 18.6. The quantitative estimate of drug-likeness (QED) is 0.323. The highest BCUT2D eigenvalue weighted by molar-refractivity contribution is 6.11. The highest BCUT2D eigenvalue weighted by atomic mass is 16.5. The van der Waals surface area contributed by atoms with E-state index in [4.69, 9.17) is 14.2 Å². The zero-order chi connectivity index (χ0) is 23.6. The monoisotopic (exact) mass is 446 g/mol. The summed E-state index contributed by atoms with van der Waals surface area (Å²) in [4.78, 5) is 28.7. The second-order valence-corrected chi connectivity index (χ2v) is 7.17. The number of hydrogen-bond donors (Lipinski definition) is 0. The van der Waals surface area contributed by atoms with Crippen LogP contribution in [0.25, 0.3) is 12.2 Å². The Morgan fingerprint density at radius 2 is 1.67 bits per heavy atom. The predicted octanol–water partition coefficient (Wildman–Crippen LogP) is 4.27. The van der Waals surface area contributed by atoms with E-state index in [0.29, 0.717) is 29.4 Å². The molecule has 3 aromatic rings. The van der Waals surface area contributed by atoms with Crippen molar-refractivity contribution in [3.63, 3.8) is 0 Å². The Labute approximate surface area is 192 Å². The molecule has 0 atom stereocenters. The lowest BCUT2D eigenvalue weighted by Crippen LogP contribution is -2.03. The molecule has 7 nitrogen and oxygen atoms in total. The van der Waals surface area contributed by atoms with Crippen molar-refractivity contribution in [1.29, 1.82) is 0 Å². The summed E-state index contributed by atoms with van der Waals surface area (Å²) in [6.07, 6.45) is 9.39. The zero-order valence-corrected chi connectivity index (χ0v) is 18.9. The fraction of sp³-hybridized carbons (Fsp3) is 0.192. The minimum atomic E-state index is -0.323. The number of carbonyl (C=O) groups is 2. The normalized spacial score (nSPS) is 11.1. The van der Waals surface area contributed by atoms with Crippen molar-refractivity contribution in [1.82, 2.24) is 9.55 Å². The molecule has 0 unspecified atom stereocenters. The second-order valence-electron chi connectivity index (χ2n) is 7.17. The maximum Gasteiger partial charge on any atom is 0.163 e. The van der Waals surface area contributed by atoms with Gasteiger partial charge in [-0.05, 0) is 48.6 Å². The first-order chi connectivity index (χ1) is 16.0. The summed E-state index contributed by atoms with van der Waals surface area (Å²) in [5, 5.41) is 0. The Bertz CT molecular complexity index is 1140. The van der Waals surface area contributed by atoms with Crippen LogP contribution in [0.3, 0.4) is 0 Å². The lowest BCUT2D eigenvalue weighted by atomic mass is 10.1. The van der Waals surface area contributed by atoms with Gasteiger partial charge in [-0.2, -0.15) is 0 Å². The number of carbonyl (C=O) groups excluding carboxylic acids is 2. The fourth-order valence-electron chi connectivity index (χ4n) is 3.09. The summed E-state index contributed by atoms with van der Waals surface area (Å²) in [6, 6.07) is 12.8. The molecule has 0 N–H and O–H groups in total. The van der Waals surface area contributed by atoms with E-state index in [-0.39, 0.29) is 18.0 Å². The molecule has 0 saturated carbocycles. The van der Waals surface area contributed by atoms with Gasteiger partial charge >= 0.3 is 0 Å². The van der Waals surface area contributed by atoms with E-state index in [1.807, 2.05) is 48.1 Å². The number of aromatic nitrogens is 2. The first-order valence-corrected chi connectivity index (χ1v) is 10.3. The third kappa shape index (κ3) is 6.67. The summed E-state index contributed by atoms with van der Waals surface area (Å²) in [5.41, 5.74) is 2.24.